The number of anilines is 1. The van der Waals surface area contributed by atoms with Crippen molar-refractivity contribution < 1.29 is 9.59 Å². The third-order valence-corrected chi connectivity index (χ3v) is 6.13. The summed E-state index contributed by atoms with van der Waals surface area (Å²) in [5, 5.41) is 0. The summed E-state index contributed by atoms with van der Waals surface area (Å²) in [7, 11) is 0. The van der Waals surface area contributed by atoms with E-state index in [2.05, 4.69) is 20.8 Å². The maximum absolute atomic E-state index is 13.0. The van der Waals surface area contributed by atoms with Gasteiger partial charge in [-0.2, -0.15) is 0 Å². The maximum atomic E-state index is 13.0. The molecule has 2 aliphatic carbocycles. The molecular formula is C23H31N3O2. The Hall–Kier alpha value is -2.14. The molecule has 3 aliphatic rings. The van der Waals surface area contributed by atoms with E-state index < -0.39 is 0 Å². The fraction of sp³-hybridized carbons (Fsp3) is 0.565. The Kier molecular flexibility index (Phi) is 5.81. The van der Waals surface area contributed by atoms with Crippen molar-refractivity contribution in [2.24, 2.45) is 0 Å². The summed E-state index contributed by atoms with van der Waals surface area (Å²) in [5.41, 5.74) is 3.19. The molecule has 0 radical (unpaired) electrons. The first-order chi connectivity index (χ1) is 13.6. The first-order valence-corrected chi connectivity index (χ1v) is 10.7. The summed E-state index contributed by atoms with van der Waals surface area (Å²) in [6.45, 7) is 5.76. The highest BCUT2D eigenvalue weighted by Gasteiger charge is 2.35. The molecule has 150 valence electrons. The van der Waals surface area contributed by atoms with Crippen LogP contribution in [0.5, 0.6) is 0 Å². The van der Waals surface area contributed by atoms with Crippen molar-refractivity contribution in [3.63, 3.8) is 0 Å². The van der Waals surface area contributed by atoms with E-state index in [0.29, 0.717) is 12.6 Å². The van der Waals surface area contributed by atoms with Crippen LogP contribution in [-0.2, 0) is 4.79 Å². The van der Waals surface area contributed by atoms with E-state index in [1.54, 1.807) is 6.92 Å². The van der Waals surface area contributed by atoms with Crippen LogP contribution in [0.2, 0.25) is 0 Å². The first-order valence-electron chi connectivity index (χ1n) is 10.7. The Morgan fingerprint density at radius 2 is 1.75 bits per heavy atom. The highest BCUT2D eigenvalue weighted by Crippen LogP contribution is 2.34. The molecule has 1 saturated carbocycles. The molecule has 1 saturated heterocycles. The van der Waals surface area contributed by atoms with Crippen molar-refractivity contribution in [2.45, 2.75) is 51.5 Å². The van der Waals surface area contributed by atoms with Gasteiger partial charge in [-0.3, -0.25) is 14.5 Å². The van der Waals surface area contributed by atoms with Crippen LogP contribution in [0, 0.1) is 0 Å². The molecule has 0 bridgehead atoms. The summed E-state index contributed by atoms with van der Waals surface area (Å²) in [5.74, 6) is 0.387. The van der Waals surface area contributed by atoms with Gasteiger partial charge in [-0.15, -0.1) is 0 Å². The Bertz CT molecular complexity index is 744. The molecule has 5 heteroatoms. The number of ketones is 1. The monoisotopic (exact) mass is 381 g/mol. The number of hydrogen-bond donors (Lipinski definition) is 0. The van der Waals surface area contributed by atoms with Crippen molar-refractivity contribution in [2.75, 3.05) is 37.6 Å². The highest BCUT2D eigenvalue weighted by molar-refractivity contribution is 5.94. The van der Waals surface area contributed by atoms with Crippen molar-refractivity contribution in [1.82, 2.24) is 9.80 Å². The van der Waals surface area contributed by atoms with Crippen LogP contribution < -0.4 is 4.90 Å². The summed E-state index contributed by atoms with van der Waals surface area (Å²) < 4.78 is 0. The van der Waals surface area contributed by atoms with Crippen LogP contribution in [-0.4, -0.2) is 60.3 Å². The lowest BCUT2D eigenvalue weighted by Crippen LogP contribution is -2.50. The summed E-state index contributed by atoms with van der Waals surface area (Å²) >= 11 is 0. The summed E-state index contributed by atoms with van der Waals surface area (Å²) in [6, 6.07) is 8.32. The predicted molar refractivity (Wildman–Crippen MR) is 112 cm³/mol. The van der Waals surface area contributed by atoms with Gasteiger partial charge in [0.25, 0.3) is 0 Å². The minimum Gasteiger partial charge on any atom is -0.369 e. The van der Waals surface area contributed by atoms with Crippen LogP contribution >= 0.6 is 0 Å². The number of hydrogen-bond acceptors (Lipinski definition) is 4. The lowest BCUT2D eigenvalue weighted by molar-refractivity contribution is -0.131. The molecule has 1 aromatic carbocycles. The van der Waals surface area contributed by atoms with Crippen LogP contribution in [0.3, 0.4) is 0 Å². The standard InChI is InChI=1S/C23H31N3O2/c1-18(27)19-7-9-20(10-8-19)25-15-13-24(14-16-25)17-23(28)26(22-11-12-22)21-5-3-2-4-6-21/h5,7-10,22H,2-4,6,11-17H2,1H3. The van der Waals surface area contributed by atoms with Gasteiger partial charge in [-0.25, -0.2) is 0 Å². The molecular weight excluding hydrogens is 350 g/mol. The number of nitrogens with zero attached hydrogens (tertiary/aromatic N) is 3. The third kappa shape index (κ3) is 4.46. The molecule has 28 heavy (non-hydrogen) atoms. The number of amides is 1. The second-order valence-corrected chi connectivity index (χ2v) is 8.30. The second kappa shape index (κ2) is 8.48. The van der Waals surface area contributed by atoms with Crippen molar-refractivity contribution >= 4 is 17.4 Å². The van der Waals surface area contributed by atoms with Crippen molar-refractivity contribution in [1.29, 1.82) is 0 Å². The van der Waals surface area contributed by atoms with Gasteiger partial charge in [0.05, 0.1) is 6.54 Å². The molecule has 0 atom stereocenters. The molecule has 5 nitrogen and oxygen atoms in total. The van der Waals surface area contributed by atoms with Gasteiger partial charge in [0.15, 0.2) is 5.78 Å². The number of carbonyl (C=O) groups is 2. The number of rotatable bonds is 6. The summed E-state index contributed by atoms with van der Waals surface area (Å²) in [4.78, 5) is 31.2. The third-order valence-electron chi connectivity index (χ3n) is 6.13. The van der Waals surface area contributed by atoms with Crippen LogP contribution in [0.15, 0.2) is 36.0 Å². The number of carbonyl (C=O) groups excluding carboxylic acids is 2. The van der Waals surface area contributed by atoms with Gasteiger partial charge < -0.3 is 9.80 Å². The Morgan fingerprint density at radius 1 is 1.04 bits per heavy atom. The largest absolute Gasteiger partial charge is 0.369 e. The lowest BCUT2D eigenvalue weighted by atomic mass is 10.0. The van der Waals surface area contributed by atoms with Gasteiger partial charge in [-0.05, 0) is 69.7 Å². The molecule has 1 aliphatic heterocycles. The van der Waals surface area contributed by atoms with Gasteiger partial charge in [0.1, 0.15) is 0 Å². The number of piperazine rings is 1. The zero-order chi connectivity index (χ0) is 19.5. The van der Waals surface area contributed by atoms with Gasteiger partial charge in [0, 0.05) is 49.2 Å². The average molecular weight is 382 g/mol. The number of allylic oxidation sites excluding steroid dienone is 2. The molecule has 0 unspecified atom stereocenters. The summed E-state index contributed by atoms with van der Waals surface area (Å²) in [6.07, 6.45) is 9.26. The second-order valence-electron chi connectivity index (χ2n) is 8.30. The number of benzene rings is 1. The quantitative estimate of drug-likeness (QED) is 0.708. The Morgan fingerprint density at radius 3 is 2.32 bits per heavy atom. The lowest BCUT2D eigenvalue weighted by Gasteiger charge is -2.37. The molecule has 0 spiro atoms. The average Bonchev–Trinajstić information content (AvgIpc) is 3.55. The molecule has 1 amide bonds. The minimum absolute atomic E-state index is 0.100. The molecule has 0 N–H and O–H groups in total. The van der Waals surface area contributed by atoms with Crippen LogP contribution in [0.1, 0.15) is 55.8 Å². The van der Waals surface area contributed by atoms with Crippen molar-refractivity contribution in [3.05, 3.63) is 41.6 Å². The van der Waals surface area contributed by atoms with E-state index in [-0.39, 0.29) is 11.7 Å². The predicted octanol–water partition coefficient (Wildman–Crippen LogP) is 3.46. The van der Waals surface area contributed by atoms with E-state index in [1.165, 1.54) is 18.5 Å². The van der Waals surface area contributed by atoms with E-state index in [0.717, 1.165) is 63.1 Å². The zero-order valence-electron chi connectivity index (χ0n) is 16.9. The van der Waals surface area contributed by atoms with Crippen LogP contribution in [0.4, 0.5) is 5.69 Å². The smallest absolute Gasteiger partial charge is 0.241 e. The molecule has 2 fully saturated rings. The Balaban J connectivity index is 1.31. The van der Waals surface area contributed by atoms with Gasteiger partial charge in [0.2, 0.25) is 5.91 Å². The van der Waals surface area contributed by atoms with Crippen LogP contribution in [0.25, 0.3) is 0 Å². The molecule has 1 heterocycles. The molecule has 4 rings (SSSR count). The zero-order valence-corrected chi connectivity index (χ0v) is 16.9. The maximum Gasteiger partial charge on any atom is 0.241 e. The Labute approximate surface area is 168 Å². The fourth-order valence-electron chi connectivity index (χ4n) is 4.31. The number of Topliss-reactive ketones (excluding diaryl/α,β-unsaturated/α-hetero) is 1. The molecule has 1 aromatic rings. The first kappa shape index (κ1) is 19.2. The fourth-order valence-corrected chi connectivity index (χ4v) is 4.31. The van der Waals surface area contributed by atoms with E-state index >= 15 is 0 Å². The normalized spacial score (nSPS) is 20.6. The molecule has 0 aromatic heterocycles. The topological polar surface area (TPSA) is 43.9 Å². The van der Waals surface area contributed by atoms with Crippen molar-refractivity contribution in [3.8, 4) is 0 Å². The van der Waals surface area contributed by atoms with Gasteiger partial charge >= 0.3 is 0 Å². The van der Waals surface area contributed by atoms with E-state index in [1.807, 2.05) is 24.3 Å². The van der Waals surface area contributed by atoms with Gasteiger partial charge in [-0.1, -0.05) is 6.08 Å². The minimum atomic E-state index is 0.100. The SMILES string of the molecule is CC(=O)c1ccc(N2CCN(CC(=O)N(C3=CCCCC3)C3CC3)CC2)cc1. The van der Waals surface area contributed by atoms with E-state index in [4.69, 9.17) is 0 Å². The van der Waals surface area contributed by atoms with E-state index in [9.17, 15) is 9.59 Å². The highest BCUT2D eigenvalue weighted by atomic mass is 16.2.